The second-order valence-corrected chi connectivity index (χ2v) is 6.72. The number of benzene rings is 2. The summed E-state index contributed by atoms with van der Waals surface area (Å²) in [5.74, 6) is 0.783. The first-order valence-electron chi connectivity index (χ1n) is 9.09. The fourth-order valence-corrected chi connectivity index (χ4v) is 3.11. The zero-order chi connectivity index (χ0) is 21.1. The lowest BCUT2D eigenvalue weighted by Crippen LogP contribution is -2.09. The molecule has 0 aliphatic rings. The summed E-state index contributed by atoms with van der Waals surface area (Å²) < 4.78 is 15.9. The number of methoxy groups -OCH3 is 2. The van der Waals surface area contributed by atoms with Crippen molar-refractivity contribution in [1.82, 2.24) is 0 Å². The van der Waals surface area contributed by atoms with Gasteiger partial charge in [-0.15, -0.1) is 0 Å². The second-order valence-electron chi connectivity index (χ2n) is 6.72. The van der Waals surface area contributed by atoms with Crippen LogP contribution in [0.4, 0.5) is 5.69 Å². The zero-order valence-electron chi connectivity index (χ0n) is 17.1. The first-order valence-corrected chi connectivity index (χ1v) is 9.09. The largest absolute Gasteiger partial charge is 0.496 e. The molecule has 3 rings (SSSR count). The Kier molecular flexibility index (Phi) is 5.73. The maximum atomic E-state index is 12.5. The Balaban J connectivity index is 1.85. The third-order valence-electron chi connectivity index (χ3n) is 4.84. The Hall–Kier alpha value is -3.54. The predicted molar refractivity (Wildman–Crippen MR) is 112 cm³/mol. The number of hydrogen-bond acceptors (Lipinski definition) is 5. The maximum Gasteiger partial charge on any atom is 0.337 e. The number of carbonyl (C=O) groups excluding carboxylic acids is 2. The van der Waals surface area contributed by atoms with Crippen LogP contribution in [0.5, 0.6) is 5.75 Å². The highest BCUT2D eigenvalue weighted by atomic mass is 16.5. The van der Waals surface area contributed by atoms with E-state index in [9.17, 15) is 9.59 Å². The van der Waals surface area contributed by atoms with E-state index in [1.54, 1.807) is 31.4 Å². The van der Waals surface area contributed by atoms with Crippen molar-refractivity contribution in [3.05, 3.63) is 64.9 Å². The first kappa shape index (κ1) is 20.2. The molecule has 6 nitrogen and oxygen atoms in total. The zero-order valence-corrected chi connectivity index (χ0v) is 17.1. The van der Waals surface area contributed by atoms with Crippen molar-refractivity contribution in [3.63, 3.8) is 0 Å². The molecule has 1 amide bonds. The average Bonchev–Trinajstić information content (AvgIpc) is 2.99. The minimum absolute atomic E-state index is 0.282. The fraction of sp³-hybridized carbons (Fsp3) is 0.217. The Morgan fingerprint density at radius 2 is 1.76 bits per heavy atom. The molecule has 0 spiro atoms. The summed E-state index contributed by atoms with van der Waals surface area (Å²) in [6.45, 7) is 5.77. The molecule has 150 valence electrons. The van der Waals surface area contributed by atoms with E-state index < -0.39 is 5.97 Å². The molecule has 2 aromatic carbocycles. The van der Waals surface area contributed by atoms with Crippen molar-refractivity contribution in [1.29, 1.82) is 0 Å². The standard InChI is InChI=1S/C23H23NO5/c1-13(10-22(25)24-17-8-6-16(7-9-17)23(26)28-5)18-11-19-14(2)15(3)29-21(19)12-20(18)27-4/h6-12H,1-5H3,(H,24,25)/b13-10+. The highest BCUT2D eigenvalue weighted by Gasteiger charge is 2.14. The molecule has 0 aliphatic carbocycles. The van der Waals surface area contributed by atoms with Gasteiger partial charge in [0.1, 0.15) is 17.1 Å². The molecule has 0 unspecified atom stereocenters. The van der Waals surface area contributed by atoms with Gasteiger partial charge in [0.25, 0.3) is 0 Å². The lowest BCUT2D eigenvalue weighted by Gasteiger charge is -2.10. The summed E-state index contributed by atoms with van der Waals surface area (Å²) in [5, 5.41) is 3.78. The van der Waals surface area contributed by atoms with Crippen molar-refractivity contribution in [2.45, 2.75) is 20.8 Å². The Morgan fingerprint density at radius 1 is 1.07 bits per heavy atom. The van der Waals surface area contributed by atoms with Crippen LogP contribution < -0.4 is 10.1 Å². The SMILES string of the molecule is COC(=O)c1ccc(NC(=O)/C=C(\C)c2cc3c(C)c(C)oc3cc2OC)cc1. The number of anilines is 1. The van der Waals surface area contributed by atoms with Crippen LogP contribution in [0.1, 0.15) is 34.2 Å². The van der Waals surface area contributed by atoms with Crippen molar-refractivity contribution in [2.75, 3.05) is 19.5 Å². The van der Waals surface area contributed by atoms with E-state index in [0.29, 0.717) is 17.0 Å². The van der Waals surface area contributed by atoms with Gasteiger partial charge < -0.3 is 19.2 Å². The van der Waals surface area contributed by atoms with Gasteiger partial charge in [-0.2, -0.15) is 0 Å². The van der Waals surface area contributed by atoms with Gasteiger partial charge in [-0.1, -0.05) is 0 Å². The molecule has 0 radical (unpaired) electrons. The van der Waals surface area contributed by atoms with Crippen molar-refractivity contribution < 1.29 is 23.5 Å². The predicted octanol–water partition coefficient (Wildman–Crippen LogP) is 4.89. The van der Waals surface area contributed by atoms with Crippen LogP contribution in [0.2, 0.25) is 0 Å². The lowest BCUT2D eigenvalue weighted by molar-refractivity contribution is -0.111. The Morgan fingerprint density at radius 3 is 2.38 bits per heavy atom. The molecule has 29 heavy (non-hydrogen) atoms. The van der Waals surface area contributed by atoms with Gasteiger partial charge in [0.15, 0.2) is 0 Å². The molecule has 6 heteroatoms. The van der Waals surface area contributed by atoms with E-state index in [0.717, 1.165) is 33.4 Å². The van der Waals surface area contributed by atoms with Crippen LogP contribution in [0.3, 0.4) is 0 Å². The number of nitrogens with one attached hydrogen (secondary N) is 1. The van der Waals surface area contributed by atoms with Crippen molar-refractivity contribution >= 4 is 34.1 Å². The molecular formula is C23H23NO5. The number of amides is 1. The van der Waals surface area contributed by atoms with E-state index >= 15 is 0 Å². The van der Waals surface area contributed by atoms with Gasteiger partial charge in [-0.05, 0) is 62.2 Å². The van der Waals surface area contributed by atoms with Crippen LogP contribution in [-0.2, 0) is 9.53 Å². The number of furan rings is 1. The van der Waals surface area contributed by atoms with Crippen LogP contribution in [0, 0.1) is 13.8 Å². The maximum absolute atomic E-state index is 12.5. The van der Waals surface area contributed by atoms with Crippen LogP contribution in [0.15, 0.2) is 46.9 Å². The summed E-state index contributed by atoms with van der Waals surface area (Å²) in [5.41, 5.74) is 4.39. The van der Waals surface area contributed by atoms with Gasteiger partial charge in [-0.25, -0.2) is 4.79 Å². The number of carbonyl (C=O) groups is 2. The number of aryl methyl sites for hydroxylation is 2. The summed E-state index contributed by atoms with van der Waals surface area (Å²) in [4.78, 5) is 24.0. The fourth-order valence-electron chi connectivity index (χ4n) is 3.11. The van der Waals surface area contributed by atoms with Crippen molar-refractivity contribution in [2.24, 2.45) is 0 Å². The smallest absolute Gasteiger partial charge is 0.337 e. The monoisotopic (exact) mass is 393 g/mol. The van der Waals surface area contributed by atoms with Crippen LogP contribution in [-0.4, -0.2) is 26.1 Å². The van der Waals surface area contributed by atoms with Crippen molar-refractivity contribution in [3.8, 4) is 5.75 Å². The highest BCUT2D eigenvalue weighted by molar-refractivity contribution is 6.05. The molecular weight excluding hydrogens is 370 g/mol. The molecule has 0 bridgehead atoms. The van der Waals surface area contributed by atoms with Gasteiger partial charge >= 0.3 is 5.97 Å². The normalized spacial score (nSPS) is 11.4. The van der Waals surface area contributed by atoms with Gasteiger partial charge in [0, 0.05) is 28.8 Å². The van der Waals surface area contributed by atoms with Crippen LogP contribution in [0.25, 0.3) is 16.5 Å². The number of rotatable bonds is 5. The minimum atomic E-state index is -0.425. The summed E-state index contributed by atoms with van der Waals surface area (Å²) in [7, 11) is 2.91. The molecule has 1 N–H and O–H groups in total. The van der Waals surface area contributed by atoms with Gasteiger partial charge in [0.2, 0.25) is 5.91 Å². The van der Waals surface area contributed by atoms with E-state index in [1.807, 2.05) is 32.9 Å². The number of ether oxygens (including phenoxy) is 2. The van der Waals surface area contributed by atoms with E-state index in [2.05, 4.69) is 10.1 Å². The molecule has 1 aromatic heterocycles. The molecule has 0 saturated heterocycles. The third-order valence-corrected chi connectivity index (χ3v) is 4.84. The summed E-state index contributed by atoms with van der Waals surface area (Å²) in [6, 6.07) is 10.3. The molecule has 3 aromatic rings. The van der Waals surface area contributed by atoms with E-state index in [1.165, 1.54) is 13.2 Å². The molecule has 0 fully saturated rings. The lowest BCUT2D eigenvalue weighted by atomic mass is 10.0. The Bertz CT molecular complexity index is 1110. The van der Waals surface area contributed by atoms with E-state index in [4.69, 9.17) is 9.15 Å². The Labute approximate surface area is 169 Å². The number of esters is 1. The molecule has 0 saturated carbocycles. The number of fused-ring (bicyclic) bond motifs is 1. The molecule has 0 aliphatic heterocycles. The molecule has 1 heterocycles. The van der Waals surface area contributed by atoms with Gasteiger partial charge in [0.05, 0.1) is 19.8 Å². The third kappa shape index (κ3) is 4.16. The number of hydrogen-bond donors (Lipinski definition) is 1. The first-order chi connectivity index (χ1) is 13.8. The second kappa shape index (κ2) is 8.22. The van der Waals surface area contributed by atoms with E-state index in [-0.39, 0.29) is 5.91 Å². The van der Waals surface area contributed by atoms with Gasteiger partial charge in [-0.3, -0.25) is 4.79 Å². The molecule has 0 atom stereocenters. The summed E-state index contributed by atoms with van der Waals surface area (Å²) in [6.07, 6.45) is 1.51. The number of allylic oxidation sites excluding steroid dienone is 1. The quantitative estimate of drug-likeness (QED) is 0.493. The average molecular weight is 393 g/mol. The highest BCUT2D eigenvalue weighted by Crippen LogP contribution is 2.34. The topological polar surface area (TPSA) is 77.8 Å². The van der Waals surface area contributed by atoms with Crippen LogP contribution >= 0.6 is 0 Å². The minimum Gasteiger partial charge on any atom is -0.496 e. The summed E-state index contributed by atoms with van der Waals surface area (Å²) >= 11 is 0.